The molecule has 35 heavy (non-hydrogen) atoms. The fraction of sp³-hybridized carbons (Fsp3) is 0.400. The molecule has 1 saturated heterocycles. The highest BCUT2D eigenvalue weighted by molar-refractivity contribution is 7.21. The van der Waals surface area contributed by atoms with Gasteiger partial charge in [0.2, 0.25) is 0 Å². The number of aromatic nitrogens is 1. The topological polar surface area (TPSA) is 130 Å². The fourth-order valence-corrected chi connectivity index (χ4v) is 6.19. The van der Waals surface area contributed by atoms with E-state index in [2.05, 4.69) is 16.4 Å². The average molecular weight is 495 g/mol. The summed E-state index contributed by atoms with van der Waals surface area (Å²) in [5.41, 5.74) is 15.9. The van der Waals surface area contributed by atoms with E-state index in [0.717, 1.165) is 15.9 Å². The summed E-state index contributed by atoms with van der Waals surface area (Å²) in [5.74, 6) is -0.658. The molecule has 3 aromatic rings. The number of thiophene rings is 1. The average Bonchev–Trinajstić information content (AvgIpc) is 3.38. The van der Waals surface area contributed by atoms with Crippen molar-refractivity contribution < 1.29 is 13.9 Å². The van der Waals surface area contributed by atoms with Gasteiger partial charge in [-0.2, -0.15) is 5.26 Å². The second-order valence-corrected chi connectivity index (χ2v) is 10.2. The number of ether oxygens (including phenoxy) is 1. The SMILES string of the molecule is CO[C@H]1CN(c2cc(F)c3c(c2C#N)CC[C@H](NC(=O)c2sc4nc(C)ccc4c2N)C3)C[C@@H]1N. The van der Waals surface area contributed by atoms with E-state index in [4.69, 9.17) is 16.2 Å². The summed E-state index contributed by atoms with van der Waals surface area (Å²) in [6, 6.07) is 6.97. The van der Waals surface area contributed by atoms with Crippen LogP contribution in [0, 0.1) is 24.1 Å². The number of nitrogens with zero attached hydrogens (tertiary/aromatic N) is 3. The molecule has 1 aliphatic heterocycles. The van der Waals surface area contributed by atoms with Gasteiger partial charge in [-0.3, -0.25) is 4.79 Å². The molecule has 3 heterocycles. The molecule has 10 heteroatoms. The summed E-state index contributed by atoms with van der Waals surface area (Å²) in [6.45, 7) is 2.89. The first-order valence-corrected chi connectivity index (χ1v) is 12.4. The minimum absolute atomic E-state index is 0.166. The maximum absolute atomic E-state index is 15.3. The number of halogens is 1. The number of nitrogen functional groups attached to an aromatic ring is 1. The number of nitriles is 1. The van der Waals surface area contributed by atoms with Crippen molar-refractivity contribution in [3.8, 4) is 6.07 Å². The molecular weight excluding hydrogens is 467 g/mol. The van der Waals surface area contributed by atoms with Crippen molar-refractivity contribution in [2.24, 2.45) is 5.73 Å². The van der Waals surface area contributed by atoms with E-state index in [1.807, 2.05) is 24.0 Å². The summed E-state index contributed by atoms with van der Waals surface area (Å²) < 4.78 is 20.7. The van der Waals surface area contributed by atoms with E-state index in [-0.39, 0.29) is 29.9 Å². The third-order valence-electron chi connectivity index (χ3n) is 7.01. The van der Waals surface area contributed by atoms with Gasteiger partial charge < -0.3 is 26.4 Å². The van der Waals surface area contributed by atoms with Gasteiger partial charge >= 0.3 is 0 Å². The maximum atomic E-state index is 15.3. The highest BCUT2D eigenvalue weighted by Crippen LogP contribution is 2.36. The molecule has 0 unspecified atom stereocenters. The highest BCUT2D eigenvalue weighted by Gasteiger charge is 2.34. The number of pyridine rings is 1. The number of hydrogen-bond acceptors (Lipinski definition) is 8. The van der Waals surface area contributed by atoms with Crippen molar-refractivity contribution in [3.63, 3.8) is 0 Å². The van der Waals surface area contributed by atoms with Gasteiger partial charge in [0.1, 0.15) is 21.6 Å². The molecule has 5 N–H and O–H groups in total. The first-order chi connectivity index (χ1) is 16.8. The predicted molar refractivity (Wildman–Crippen MR) is 134 cm³/mol. The lowest BCUT2D eigenvalue weighted by Gasteiger charge is -2.29. The quantitative estimate of drug-likeness (QED) is 0.508. The number of methoxy groups -OCH3 is 1. The summed E-state index contributed by atoms with van der Waals surface area (Å²) >= 11 is 1.26. The van der Waals surface area contributed by atoms with Crippen LogP contribution in [-0.2, 0) is 17.6 Å². The van der Waals surface area contributed by atoms with Gasteiger partial charge in [0.15, 0.2) is 0 Å². The van der Waals surface area contributed by atoms with E-state index in [9.17, 15) is 10.1 Å². The van der Waals surface area contributed by atoms with Crippen LogP contribution in [0.3, 0.4) is 0 Å². The standard InChI is InChI=1S/C25H27FN6O2S/c1-12-3-5-15-22(29)23(35-25(15)30-12)24(33)31-13-4-6-14-16(7-13)18(26)8-20(17(14)9-27)32-10-19(28)21(11-32)34-2/h3,5,8,13,19,21H,4,6-7,10-11,28-29H2,1-2H3,(H,31,33)/t13-,19-,21-/m0/s1. The predicted octanol–water partition coefficient (Wildman–Crippen LogP) is 2.65. The first kappa shape index (κ1) is 23.5. The van der Waals surface area contributed by atoms with Gasteiger partial charge in [-0.05, 0) is 55.5 Å². The van der Waals surface area contributed by atoms with Gasteiger partial charge in [-0.1, -0.05) is 0 Å². The minimum Gasteiger partial charge on any atom is -0.397 e. The number of aryl methyl sites for hydroxylation is 1. The van der Waals surface area contributed by atoms with Crippen molar-refractivity contribution in [2.75, 3.05) is 30.8 Å². The van der Waals surface area contributed by atoms with Gasteiger partial charge in [0, 0.05) is 37.3 Å². The summed E-state index contributed by atoms with van der Waals surface area (Å²) in [5, 5.41) is 13.7. The number of benzene rings is 1. The monoisotopic (exact) mass is 494 g/mol. The Morgan fingerprint density at radius 2 is 2.17 bits per heavy atom. The van der Waals surface area contributed by atoms with Crippen LogP contribution < -0.4 is 21.7 Å². The number of amides is 1. The van der Waals surface area contributed by atoms with E-state index in [1.165, 1.54) is 17.4 Å². The van der Waals surface area contributed by atoms with E-state index in [1.54, 1.807) is 7.11 Å². The molecule has 2 aliphatic rings. The van der Waals surface area contributed by atoms with Crippen LogP contribution in [0.4, 0.5) is 15.8 Å². The number of fused-ring (bicyclic) bond motifs is 2. The Kier molecular flexibility index (Phi) is 6.09. The molecule has 182 valence electrons. The number of nitrogens with two attached hydrogens (primary N) is 2. The number of carbonyl (C=O) groups is 1. The van der Waals surface area contributed by atoms with Gasteiger partial charge in [0.25, 0.3) is 5.91 Å². The molecule has 1 aliphatic carbocycles. The first-order valence-electron chi connectivity index (χ1n) is 11.5. The van der Waals surface area contributed by atoms with Crippen molar-refractivity contribution in [1.82, 2.24) is 10.3 Å². The van der Waals surface area contributed by atoms with Crippen LogP contribution >= 0.6 is 11.3 Å². The highest BCUT2D eigenvalue weighted by atomic mass is 32.1. The van der Waals surface area contributed by atoms with Crippen LogP contribution in [0.25, 0.3) is 10.2 Å². The number of nitrogens with one attached hydrogen (secondary N) is 1. The molecule has 1 aromatic carbocycles. The lowest BCUT2D eigenvalue weighted by Crippen LogP contribution is -2.39. The molecule has 0 radical (unpaired) electrons. The van der Waals surface area contributed by atoms with Crippen LogP contribution in [0.15, 0.2) is 18.2 Å². The molecule has 3 atom stereocenters. The Balaban J connectivity index is 1.38. The second kappa shape index (κ2) is 9.07. The van der Waals surface area contributed by atoms with Crippen LogP contribution in [-0.4, -0.2) is 49.3 Å². The van der Waals surface area contributed by atoms with Crippen LogP contribution in [0.1, 0.15) is 38.5 Å². The third kappa shape index (κ3) is 4.10. The largest absolute Gasteiger partial charge is 0.397 e. The van der Waals surface area contributed by atoms with E-state index < -0.39 is 0 Å². The number of rotatable bonds is 4. The lowest BCUT2D eigenvalue weighted by molar-refractivity contribution is 0.0938. The lowest BCUT2D eigenvalue weighted by atomic mass is 9.84. The molecule has 1 fully saturated rings. The smallest absolute Gasteiger partial charge is 0.263 e. The van der Waals surface area contributed by atoms with Gasteiger partial charge in [-0.15, -0.1) is 11.3 Å². The zero-order valence-electron chi connectivity index (χ0n) is 19.6. The summed E-state index contributed by atoms with van der Waals surface area (Å²) in [7, 11) is 1.60. The number of carbonyl (C=O) groups excluding carboxylic acids is 1. The molecular formula is C25H27FN6O2S. The zero-order chi connectivity index (χ0) is 24.9. The van der Waals surface area contributed by atoms with Crippen molar-refractivity contribution in [1.29, 1.82) is 5.26 Å². The van der Waals surface area contributed by atoms with Crippen molar-refractivity contribution in [3.05, 3.63) is 51.3 Å². The van der Waals surface area contributed by atoms with Crippen molar-refractivity contribution in [2.45, 2.75) is 44.4 Å². The fourth-order valence-electron chi connectivity index (χ4n) is 5.14. The van der Waals surface area contributed by atoms with E-state index in [0.29, 0.717) is 65.3 Å². The summed E-state index contributed by atoms with van der Waals surface area (Å²) in [6.07, 6.45) is 1.23. The van der Waals surface area contributed by atoms with Gasteiger partial charge in [0.05, 0.1) is 29.1 Å². The molecule has 5 rings (SSSR count). The number of hydrogen-bond donors (Lipinski definition) is 3. The maximum Gasteiger partial charge on any atom is 0.263 e. The normalized spacial score (nSPS) is 21.7. The number of anilines is 2. The van der Waals surface area contributed by atoms with Gasteiger partial charge in [-0.25, -0.2) is 9.37 Å². The second-order valence-electron chi connectivity index (χ2n) is 9.23. The summed E-state index contributed by atoms with van der Waals surface area (Å²) in [4.78, 5) is 20.6. The molecule has 2 aromatic heterocycles. The van der Waals surface area contributed by atoms with Crippen molar-refractivity contribution >= 4 is 38.8 Å². The molecule has 0 spiro atoms. The van der Waals surface area contributed by atoms with Crippen LogP contribution in [0.5, 0.6) is 0 Å². The zero-order valence-corrected chi connectivity index (χ0v) is 20.4. The Hall–Kier alpha value is -3.26. The molecule has 0 saturated carbocycles. The third-order valence-corrected chi connectivity index (χ3v) is 8.12. The Bertz CT molecular complexity index is 1370. The van der Waals surface area contributed by atoms with Crippen LogP contribution in [0.2, 0.25) is 0 Å². The Morgan fingerprint density at radius 3 is 2.89 bits per heavy atom. The Morgan fingerprint density at radius 1 is 1.37 bits per heavy atom. The molecule has 1 amide bonds. The minimum atomic E-state index is -0.372. The van der Waals surface area contributed by atoms with E-state index >= 15 is 4.39 Å². The molecule has 0 bridgehead atoms. The molecule has 8 nitrogen and oxygen atoms in total. The Labute approximate surface area is 206 Å².